The van der Waals surface area contributed by atoms with Crippen molar-refractivity contribution in [1.29, 1.82) is 0 Å². The van der Waals surface area contributed by atoms with Crippen LogP contribution in [0.15, 0.2) is 48.5 Å². The zero-order valence-corrected chi connectivity index (χ0v) is 10.7. The molecule has 1 unspecified atom stereocenters. The van der Waals surface area contributed by atoms with Crippen LogP contribution in [0.1, 0.15) is 22.0 Å². The van der Waals surface area contributed by atoms with E-state index in [1.807, 2.05) is 30.3 Å². The van der Waals surface area contributed by atoms with Gasteiger partial charge in [0.15, 0.2) is 0 Å². The average Bonchev–Trinajstić information content (AvgIpc) is 2.48. The third-order valence-electron chi connectivity index (χ3n) is 2.95. The fourth-order valence-corrected chi connectivity index (χ4v) is 1.89. The zero-order valence-electron chi connectivity index (χ0n) is 10.7. The third-order valence-corrected chi connectivity index (χ3v) is 2.95. The summed E-state index contributed by atoms with van der Waals surface area (Å²) in [6.07, 6.45) is 0. The van der Waals surface area contributed by atoms with Crippen molar-refractivity contribution >= 4 is 5.91 Å². The zero-order chi connectivity index (χ0) is 14.5. The predicted octanol–water partition coefficient (Wildman–Crippen LogP) is 1.96. The number of nitrogens with one attached hydrogen (secondary N) is 1. The number of halogens is 1. The SMILES string of the molecule is NCC(NC(=O)c1cc(F)ccc1O)c1ccccc1. The van der Waals surface area contributed by atoms with Crippen LogP contribution < -0.4 is 11.1 Å². The molecule has 5 heteroatoms. The highest BCUT2D eigenvalue weighted by Crippen LogP contribution is 2.19. The Morgan fingerprint density at radius 1 is 1.25 bits per heavy atom. The fourth-order valence-electron chi connectivity index (χ4n) is 1.89. The second kappa shape index (κ2) is 6.16. The Kier molecular flexibility index (Phi) is 4.32. The van der Waals surface area contributed by atoms with Gasteiger partial charge in [0.1, 0.15) is 11.6 Å². The van der Waals surface area contributed by atoms with Crippen molar-refractivity contribution in [2.75, 3.05) is 6.54 Å². The van der Waals surface area contributed by atoms with Gasteiger partial charge < -0.3 is 16.2 Å². The Morgan fingerprint density at radius 2 is 1.95 bits per heavy atom. The summed E-state index contributed by atoms with van der Waals surface area (Å²) < 4.78 is 13.1. The van der Waals surface area contributed by atoms with Crippen LogP contribution in [0.25, 0.3) is 0 Å². The molecule has 2 aromatic carbocycles. The summed E-state index contributed by atoms with van der Waals surface area (Å²) in [6, 6.07) is 12.0. The van der Waals surface area contributed by atoms with Crippen LogP contribution in [0.5, 0.6) is 5.75 Å². The number of phenolic OH excluding ortho intramolecular Hbond substituents is 1. The number of phenols is 1. The van der Waals surface area contributed by atoms with Crippen molar-refractivity contribution in [3.8, 4) is 5.75 Å². The molecule has 2 aromatic rings. The summed E-state index contributed by atoms with van der Waals surface area (Å²) in [5, 5.41) is 12.3. The average molecular weight is 274 g/mol. The van der Waals surface area contributed by atoms with Crippen LogP contribution in [0.3, 0.4) is 0 Å². The molecule has 2 rings (SSSR count). The highest BCUT2D eigenvalue weighted by atomic mass is 19.1. The van der Waals surface area contributed by atoms with Crippen LogP contribution >= 0.6 is 0 Å². The number of nitrogens with two attached hydrogens (primary N) is 1. The van der Waals surface area contributed by atoms with E-state index >= 15 is 0 Å². The lowest BCUT2D eigenvalue weighted by molar-refractivity contribution is 0.0934. The largest absolute Gasteiger partial charge is 0.507 e. The van der Waals surface area contributed by atoms with E-state index < -0.39 is 17.8 Å². The highest BCUT2D eigenvalue weighted by molar-refractivity contribution is 5.97. The third kappa shape index (κ3) is 3.13. The molecule has 0 fully saturated rings. The first-order chi connectivity index (χ1) is 9.61. The van der Waals surface area contributed by atoms with E-state index in [0.717, 1.165) is 23.8 Å². The molecule has 1 atom stereocenters. The molecular weight excluding hydrogens is 259 g/mol. The van der Waals surface area contributed by atoms with E-state index in [9.17, 15) is 14.3 Å². The fraction of sp³-hybridized carbons (Fsp3) is 0.133. The first-order valence-electron chi connectivity index (χ1n) is 6.16. The minimum Gasteiger partial charge on any atom is -0.507 e. The van der Waals surface area contributed by atoms with E-state index in [4.69, 9.17) is 5.73 Å². The van der Waals surface area contributed by atoms with Crippen LogP contribution in [0.2, 0.25) is 0 Å². The summed E-state index contributed by atoms with van der Waals surface area (Å²) in [6.45, 7) is 0.200. The molecule has 104 valence electrons. The van der Waals surface area contributed by atoms with E-state index in [-0.39, 0.29) is 17.9 Å². The van der Waals surface area contributed by atoms with Gasteiger partial charge in [-0.25, -0.2) is 4.39 Å². The number of carbonyl (C=O) groups excluding carboxylic acids is 1. The second-order valence-electron chi connectivity index (χ2n) is 4.33. The Hall–Kier alpha value is -2.40. The second-order valence-corrected chi connectivity index (χ2v) is 4.33. The van der Waals surface area contributed by atoms with E-state index in [0.29, 0.717) is 0 Å². The van der Waals surface area contributed by atoms with Gasteiger partial charge in [0.2, 0.25) is 0 Å². The molecular formula is C15H15FN2O2. The monoisotopic (exact) mass is 274 g/mol. The normalized spacial score (nSPS) is 11.9. The summed E-state index contributed by atoms with van der Waals surface area (Å²) in [7, 11) is 0. The first kappa shape index (κ1) is 14.0. The molecule has 0 saturated heterocycles. The smallest absolute Gasteiger partial charge is 0.255 e. The Balaban J connectivity index is 2.20. The van der Waals surface area contributed by atoms with Gasteiger partial charge in [0.05, 0.1) is 11.6 Å². The van der Waals surface area contributed by atoms with Gasteiger partial charge in [-0.2, -0.15) is 0 Å². The van der Waals surface area contributed by atoms with Gasteiger partial charge in [-0.3, -0.25) is 4.79 Å². The minimum absolute atomic E-state index is 0.112. The van der Waals surface area contributed by atoms with Crippen LogP contribution in [-0.2, 0) is 0 Å². The number of aromatic hydroxyl groups is 1. The van der Waals surface area contributed by atoms with Crippen molar-refractivity contribution in [3.63, 3.8) is 0 Å². The first-order valence-corrected chi connectivity index (χ1v) is 6.16. The molecule has 4 nitrogen and oxygen atoms in total. The lowest BCUT2D eigenvalue weighted by Gasteiger charge is -2.17. The van der Waals surface area contributed by atoms with Crippen molar-refractivity contribution in [2.24, 2.45) is 5.73 Å². The number of benzene rings is 2. The number of hydrogen-bond donors (Lipinski definition) is 3. The standard InChI is InChI=1S/C15H15FN2O2/c16-11-6-7-14(19)12(8-11)15(20)18-13(9-17)10-4-2-1-3-5-10/h1-8,13,19H,9,17H2,(H,18,20). The summed E-state index contributed by atoms with van der Waals surface area (Å²) >= 11 is 0. The quantitative estimate of drug-likeness (QED) is 0.797. The molecule has 0 saturated carbocycles. The van der Waals surface area contributed by atoms with Gasteiger partial charge in [-0.05, 0) is 23.8 Å². The molecule has 0 heterocycles. The number of amides is 1. The molecule has 0 radical (unpaired) electrons. The molecule has 0 aliphatic heterocycles. The van der Waals surface area contributed by atoms with Gasteiger partial charge in [-0.15, -0.1) is 0 Å². The Labute approximate surface area is 116 Å². The molecule has 0 spiro atoms. The van der Waals surface area contributed by atoms with Crippen LogP contribution in [0, 0.1) is 5.82 Å². The number of carbonyl (C=O) groups is 1. The van der Waals surface area contributed by atoms with E-state index in [1.54, 1.807) is 0 Å². The molecule has 0 bridgehead atoms. The molecule has 20 heavy (non-hydrogen) atoms. The lowest BCUT2D eigenvalue weighted by Crippen LogP contribution is -2.33. The van der Waals surface area contributed by atoms with Gasteiger partial charge in [-0.1, -0.05) is 30.3 Å². The number of hydrogen-bond acceptors (Lipinski definition) is 3. The molecule has 0 aromatic heterocycles. The molecule has 0 aliphatic rings. The van der Waals surface area contributed by atoms with Crippen LogP contribution in [-0.4, -0.2) is 17.6 Å². The Morgan fingerprint density at radius 3 is 2.60 bits per heavy atom. The van der Waals surface area contributed by atoms with Crippen molar-refractivity contribution < 1.29 is 14.3 Å². The highest BCUT2D eigenvalue weighted by Gasteiger charge is 2.17. The number of rotatable bonds is 4. The van der Waals surface area contributed by atoms with E-state index in [2.05, 4.69) is 5.32 Å². The summed E-state index contributed by atoms with van der Waals surface area (Å²) in [5.74, 6) is -1.43. The van der Waals surface area contributed by atoms with Crippen molar-refractivity contribution in [3.05, 3.63) is 65.5 Å². The topological polar surface area (TPSA) is 75.3 Å². The van der Waals surface area contributed by atoms with Gasteiger partial charge >= 0.3 is 0 Å². The van der Waals surface area contributed by atoms with Crippen molar-refractivity contribution in [2.45, 2.75) is 6.04 Å². The molecule has 4 N–H and O–H groups in total. The van der Waals surface area contributed by atoms with Gasteiger partial charge in [0.25, 0.3) is 5.91 Å². The predicted molar refractivity (Wildman–Crippen MR) is 73.8 cm³/mol. The van der Waals surface area contributed by atoms with Crippen LogP contribution in [0.4, 0.5) is 4.39 Å². The van der Waals surface area contributed by atoms with Crippen molar-refractivity contribution in [1.82, 2.24) is 5.32 Å². The lowest BCUT2D eigenvalue weighted by atomic mass is 10.1. The van der Waals surface area contributed by atoms with E-state index in [1.165, 1.54) is 0 Å². The maximum atomic E-state index is 13.1. The Bertz CT molecular complexity index is 602. The minimum atomic E-state index is -0.586. The molecule has 0 aliphatic carbocycles. The van der Waals surface area contributed by atoms with Gasteiger partial charge in [0, 0.05) is 6.54 Å². The maximum Gasteiger partial charge on any atom is 0.255 e. The molecule has 1 amide bonds. The maximum absolute atomic E-state index is 13.1. The summed E-state index contributed by atoms with van der Waals surface area (Å²) in [5.41, 5.74) is 6.38. The summed E-state index contributed by atoms with van der Waals surface area (Å²) in [4.78, 5) is 12.1.